The molecule has 5 nitrogen and oxygen atoms in total. The molecule has 0 radical (unpaired) electrons. The molecule has 0 aromatic carbocycles. The van der Waals surface area contributed by atoms with Crippen LogP contribution in [0.15, 0.2) is 32.5 Å². The van der Waals surface area contributed by atoms with Gasteiger partial charge >= 0.3 is 11.2 Å². The van der Waals surface area contributed by atoms with Gasteiger partial charge in [-0.15, -0.1) is 12.4 Å². The fraction of sp³-hybridized carbons (Fsp3) is 0.111. The van der Waals surface area contributed by atoms with Crippen LogP contribution < -0.4 is 11.2 Å². The first-order valence-electron chi connectivity index (χ1n) is 4.18. The maximum absolute atomic E-state index is 11.3. The minimum atomic E-state index is -0.820. The van der Waals surface area contributed by atoms with E-state index in [-0.39, 0.29) is 12.4 Å². The highest BCUT2D eigenvalue weighted by atomic mass is 35.5. The SMILES string of the molecule is Cl.O=c1oc2c3n(ccn-2c1=O)CC=C3. The second-order valence-electron chi connectivity index (χ2n) is 3.11. The van der Waals surface area contributed by atoms with Gasteiger partial charge in [0.15, 0.2) is 0 Å². The van der Waals surface area contributed by atoms with E-state index in [2.05, 4.69) is 0 Å². The Balaban J connectivity index is 0.000000853. The van der Waals surface area contributed by atoms with Gasteiger partial charge in [-0.1, -0.05) is 6.08 Å². The van der Waals surface area contributed by atoms with Gasteiger partial charge in [0.05, 0.1) is 0 Å². The van der Waals surface area contributed by atoms with Crippen molar-refractivity contribution in [1.82, 2.24) is 9.13 Å². The fourth-order valence-electron chi connectivity index (χ4n) is 1.64. The molecule has 0 amide bonds. The predicted molar refractivity (Wildman–Crippen MR) is 56.0 cm³/mol. The van der Waals surface area contributed by atoms with E-state index in [9.17, 15) is 9.59 Å². The average molecular weight is 227 g/mol. The van der Waals surface area contributed by atoms with Crippen molar-refractivity contribution in [3.63, 3.8) is 0 Å². The lowest BCUT2D eigenvalue weighted by Gasteiger charge is -2.07. The lowest BCUT2D eigenvalue weighted by Crippen LogP contribution is -2.24. The van der Waals surface area contributed by atoms with Crippen molar-refractivity contribution in [2.45, 2.75) is 6.54 Å². The quantitative estimate of drug-likeness (QED) is 0.614. The normalized spacial score (nSPS) is 12.8. The van der Waals surface area contributed by atoms with Gasteiger partial charge in [-0.05, 0) is 6.08 Å². The van der Waals surface area contributed by atoms with Crippen LogP contribution in [0.3, 0.4) is 0 Å². The van der Waals surface area contributed by atoms with Crippen LogP contribution in [-0.4, -0.2) is 9.13 Å². The zero-order chi connectivity index (χ0) is 9.71. The summed E-state index contributed by atoms with van der Waals surface area (Å²) in [5, 5.41) is 0. The molecular weight excluding hydrogens is 220 g/mol. The Hall–Kier alpha value is -1.75. The smallest absolute Gasteiger partial charge is 0.399 e. The van der Waals surface area contributed by atoms with Crippen LogP contribution in [0.4, 0.5) is 0 Å². The number of nitrogens with zero attached hydrogens (tertiary/aromatic N) is 2. The first-order valence-corrected chi connectivity index (χ1v) is 4.18. The van der Waals surface area contributed by atoms with Crippen molar-refractivity contribution in [3.8, 4) is 5.88 Å². The molecule has 3 heterocycles. The molecule has 0 aliphatic carbocycles. The van der Waals surface area contributed by atoms with Crippen LogP contribution in [0, 0.1) is 0 Å². The molecule has 6 heteroatoms. The van der Waals surface area contributed by atoms with Gasteiger partial charge in [-0.2, -0.15) is 0 Å². The predicted octanol–water partition coefficient (Wildman–Crippen LogP) is 0.479. The van der Waals surface area contributed by atoms with E-state index in [1.165, 1.54) is 4.57 Å². The largest absolute Gasteiger partial charge is 0.404 e. The van der Waals surface area contributed by atoms with Crippen molar-refractivity contribution in [2.75, 3.05) is 0 Å². The monoisotopic (exact) mass is 226 g/mol. The Labute approximate surface area is 90.0 Å². The summed E-state index contributed by atoms with van der Waals surface area (Å²) in [6, 6.07) is 0. The van der Waals surface area contributed by atoms with Gasteiger partial charge in [0.1, 0.15) is 5.69 Å². The zero-order valence-electron chi connectivity index (χ0n) is 7.54. The summed E-state index contributed by atoms with van der Waals surface area (Å²) in [5.74, 6) is 0.316. The maximum Gasteiger partial charge on any atom is 0.404 e. The van der Waals surface area contributed by atoms with Crippen LogP contribution >= 0.6 is 12.4 Å². The molecule has 15 heavy (non-hydrogen) atoms. The van der Waals surface area contributed by atoms with Crippen molar-refractivity contribution in [1.29, 1.82) is 0 Å². The van der Waals surface area contributed by atoms with E-state index in [0.29, 0.717) is 5.88 Å². The Morgan fingerprint density at radius 3 is 2.87 bits per heavy atom. The van der Waals surface area contributed by atoms with Gasteiger partial charge in [-0.3, -0.25) is 4.79 Å². The van der Waals surface area contributed by atoms with E-state index in [1.54, 1.807) is 12.4 Å². The van der Waals surface area contributed by atoms with E-state index >= 15 is 0 Å². The highest BCUT2D eigenvalue weighted by molar-refractivity contribution is 5.85. The number of allylic oxidation sites excluding steroid dienone is 1. The highest BCUT2D eigenvalue weighted by Crippen LogP contribution is 2.18. The van der Waals surface area contributed by atoms with E-state index in [0.717, 1.165) is 12.2 Å². The first-order chi connectivity index (χ1) is 6.77. The molecular formula is C9H7ClN2O3. The molecule has 3 aliphatic heterocycles. The van der Waals surface area contributed by atoms with Crippen LogP contribution in [0.1, 0.15) is 5.69 Å². The Morgan fingerprint density at radius 1 is 1.27 bits per heavy atom. The van der Waals surface area contributed by atoms with Crippen LogP contribution in [-0.2, 0) is 6.54 Å². The van der Waals surface area contributed by atoms with Crippen molar-refractivity contribution in [3.05, 3.63) is 44.9 Å². The molecule has 3 rings (SSSR count). The second-order valence-corrected chi connectivity index (χ2v) is 3.11. The molecule has 78 valence electrons. The summed E-state index contributed by atoms with van der Waals surface area (Å²) in [7, 11) is 0. The number of hydrogen-bond acceptors (Lipinski definition) is 3. The molecule has 0 bridgehead atoms. The molecule has 0 N–H and O–H groups in total. The van der Waals surface area contributed by atoms with Gasteiger partial charge in [-0.25, -0.2) is 9.36 Å². The number of aromatic nitrogens is 2. The molecule has 0 spiro atoms. The number of fused-ring (bicyclic) bond motifs is 3. The van der Waals surface area contributed by atoms with Gasteiger partial charge < -0.3 is 8.98 Å². The van der Waals surface area contributed by atoms with Crippen molar-refractivity contribution in [2.24, 2.45) is 0 Å². The van der Waals surface area contributed by atoms with Crippen LogP contribution in [0.25, 0.3) is 12.0 Å². The average Bonchev–Trinajstić information content (AvgIpc) is 2.73. The van der Waals surface area contributed by atoms with E-state index in [4.69, 9.17) is 4.42 Å². The molecule has 0 atom stereocenters. The Bertz CT molecular complexity index is 619. The molecule has 0 fully saturated rings. The van der Waals surface area contributed by atoms with E-state index in [1.807, 2.05) is 16.7 Å². The Kier molecular flexibility index (Phi) is 2.04. The maximum atomic E-state index is 11.3. The lowest BCUT2D eigenvalue weighted by atomic mass is 10.4. The highest BCUT2D eigenvalue weighted by Gasteiger charge is 2.19. The second kappa shape index (κ2) is 3.13. The number of halogens is 1. The minimum absolute atomic E-state index is 0. The molecule has 3 aliphatic rings. The third-order valence-electron chi connectivity index (χ3n) is 2.30. The standard InChI is InChI=1S/C9H6N2O3.ClH/c12-7-9(13)14-8-6-2-1-3-10(6)4-5-11(7)8;/h1-2,4-5H,3H2;1H. The van der Waals surface area contributed by atoms with Gasteiger partial charge in [0, 0.05) is 18.9 Å². The summed E-state index contributed by atoms with van der Waals surface area (Å²) < 4.78 is 7.99. The summed E-state index contributed by atoms with van der Waals surface area (Å²) in [5.41, 5.74) is -0.699. The Morgan fingerprint density at radius 2 is 2.07 bits per heavy atom. The zero-order valence-corrected chi connectivity index (χ0v) is 8.36. The summed E-state index contributed by atoms with van der Waals surface area (Å²) >= 11 is 0. The van der Waals surface area contributed by atoms with Crippen LogP contribution in [0.5, 0.6) is 0 Å². The first kappa shape index (κ1) is 9.79. The van der Waals surface area contributed by atoms with Crippen molar-refractivity contribution >= 4 is 18.5 Å². The minimum Gasteiger partial charge on any atom is -0.399 e. The molecule has 0 aromatic rings. The third kappa shape index (κ3) is 1.16. The van der Waals surface area contributed by atoms with E-state index < -0.39 is 11.2 Å². The summed E-state index contributed by atoms with van der Waals surface area (Å²) in [6.07, 6.45) is 7.06. The summed E-state index contributed by atoms with van der Waals surface area (Å²) in [4.78, 5) is 22.3. The van der Waals surface area contributed by atoms with Crippen molar-refractivity contribution < 1.29 is 4.42 Å². The third-order valence-corrected chi connectivity index (χ3v) is 2.30. The topological polar surface area (TPSA) is 57.1 Å². The fourth-order valence-corrected chi connectivity index (χ4v) is 1.64. The lowest BCUT2D eigenvalue weighted by molar-refractivity contribution is 0.515. The number of rotatable bonds is 0. The number of oxazole rings is 1. The number of hydrogen-bond donors (Lipinski definition) is 0. The summed E-state index contributed by atoms with van der Waals surface area (Å²) in [6.45, 7) is 0.745. The molecule has 0 unspecified atom stereocenters. The van der Waals surface area contributed by atoms with Gasteiger partial charge in [0.25, 0.3) is 0 Å². The molecule has 0 saturated carbocycles. The molecule has 0 aromatic heterocycles. The van der Waals surface area contributed by atoms with Gasteiger partial charge in [0.2, 0.25) is 5.88 Å². The van der Waals surface area contributed by atoms with Crippen LogP contribution in [0.2, 0.25) is 0 Å². The molecule has 0 saturated heterocycles.